The van der Waals surface area contributed by atoms with Crippen LogP contribution in [0.4, 0.5) is 0 Å². The van der Waals surface area contributed by atoms with Crippen molar-refractivity contribution in [1.29, 1.82) is 0 Å². The van der Waals surface area contributed by atoms with Crippen molar-refractivity contribution < 1.29 is 29.0 Å². The molecule has 0 spiro atoms. The molecule has 8 heteroatoms. The van der Waals surface area contributed by atoms with Gasteiger partial charge in [-0.1, -0.05) is 45.4 Å². The van der Waals surface area contributed by atoms with Crippen LogP contribution in [0.3, 0.4) is 0 Å². The molecule has 7 atom stereocenters. The summed E-state index contributed by atoms with van der Waals surface area (Å²) < 4.78 is 5.79. The Bertz CT molecular complexity index is 1020. The van der Waals surface area contributed by atoms with Gasteiger partial charge in [0, 0.05) is 23.8 Å². The van der Waals surface area contributed by atoms with Gasteiger partial charge in [0.15, 0.2) is 17.2 Å². The molecule has 4 aliphatic rings. The summed E-state index contributed by atoms with van der Waals surface area (Å²) in [5, 5.41) is 8.92. The summed E-state index contributed by atoms with van der Waals surface area (Å²) >= 11 is 6.71. The molecular formula is C28H40ClNO6. The van der Waals surface area contributed by atoms with E-state index in [-0.39, 0.29) is 46.1 Å². The van der Waals surface area contributed by atoms with Gasteiger partial charge in [-0.05, 0) is 79.8 Å². The summed E-state index contributed by atoms with van der Waals surface area (Å²) in [6.07, 6.45) is 8.48. The molecule has 0 aromatic carbocycles. The monoisotopic (exact) mass is 521 g/mol. The second kappa shape index (κ2) is 10.1. The van der Waals surface area contributed by atoms with Gasteiger partial charge in [-0.25, -0.2) is 0 Å². The molecule has 4 rings (SSSR count). The second-order valence-electron chi connectivity index (χ2n) is 11.8. The van der Waals surface area contributed by atoms with E-state index in [2.05, 4.69) is 19.9 Å². The zero-order valence-electron chi connectivity index (χ0n) is 22.2. The minimum atomic E-state index is -1.03. The van der Waals surface area contributed by atoms with Gasteiger partial charge >= 0.3 is 11.9 Å². The Hall–Kier alpha value is -1.99. The highest BCUT2D eigenvalue weighted by molar-refractivity contribution is 6.32. The number of aliphatic carboxylic acids is 1. The topological polar surface area (TPSA) is 124 Å². The number of halogens is 1. The lowest BCUT2D eigenvalue weighted by Gasteiger charge is -2.57. The molecule has 2 fully saturated rings. The number of ether oxygens (including phenoxy) is 1. The molecule has 0 bridgehead atoms. The van der Waals surface area contributed by atoms with Crippen LogP contribution in [0.25, 0.3) is 0 Å². The van der Waals surface area contributed by atoms with Crippen LogP contribution in [0.2, 0.25) is 0 Å². The van der Waals surface area contributed by atoms with Crippen LogP contribution in [-0.2, 0) is 23.9 Å². The van der Waals surface area contributed by atoms with Crippen LogP contribution < -0.4 is 5.73 Å². The fourth-order valence-corrected chi connectivity index (χ4v) is 7.84. The van der Waals surface area contributed by atoms with Gasteiger partial charge in [-0.15, -0.1) is 0 Å². The Morgan fingerprint density at radius 2 is 1.72 bits per heavy atom. The van der Waals surface area contributed by atoms with Crippen LogP contribution in [0.1, 0.15) is 80.1 Å². The molecule has 0 radical (unpaired) electrons. The third-order valence-electron chi connectivity index (χ3n) is 9.57. The highest BCUT2D eigenvalue weighted by Gasteiger charge is 2.67. The molecule has 0 aromatic rings. The van der Waals surface area contributed by atoms with Gasteiger partial charge in [-0.3, -0.25) is 19.2 Å². The summed E-state index contributed by atoms with van der Waals surface area (Å²) in [7, 11) is 0. The molecule has 36 heavy (non-hydrogen) atoms. The minimum absolute atomic E-state index is 0.0208. The predicted octanol–water partition coefficient (Wildman–Crippen LogP) is 4.81. The van der Waals surface area contributed by atoms with Gasteiger partial charge in [-0.2, -0.15) is 0 Å². The fourth-order valence-electron chi connectivity index (χ4n) is 7.42. The number of esters is 1. The van der Waals surface area contributed by atoms with Crippen LogP contribution in [-0.4, -0.2) is 40.3 Å². The number of carboxylic acids is 1. The van der Waals surface area contributed by atoms with Crippen molar-refractivity contribution in [3.8, 4) is 0 Å². The Kier molecular flexibility index (Phi) is 7.98. The predicted molar refractivity (Wildman–Crippen MR) is 137 cm³/mol. The summed E-state index contributed by atoms with van der Waals surface area (Å²) in [6.45, 7) is 10.9. The van der Waals surface area contributed by atoms with Crippen LogP contribution >= 0.6 is 11.6 Å². The number of Topliss-reactive ketones (excluding diaryl/α,β-unsaturated/α-hetero) is 1. The fraction of sp³-hybridized carbons (Fsp3) is 0.714. The number of hydrogen-bond acceptors (Lipinski definition) is 6. The maximum atomic E-state index is 12.7. The zero-order chi connectivity index (χ0) is 27.2. The average Bonchev–Trinajstić information content (AvgIpc) is 3.08. The normalized spacial score (nSPS) is 37.8. The van der Waals surface area contributed by atoms with Crippen molar-refractivity contribution >= 4 is 35.1 Å². The van der Waals surface area contributed by atoms with E-state index in [1.165, 1.54) is 6.92 Å². The molecule has 0 unspecified atom stereocenters. The quantitative estimate of drug-likeness (QED) is 0.509. The second-order valence-corrected chi connectivity index (χ2v) is 12.2. The zero-order valence-corrected chi connectivity index (χ0v) is 23.0. The number of rotatable bonds is 4. The molecule has 0 amide bonds. The van der Waals surface area contributed by atoms with Gasteiger partial charge in [0.05, 0.1) is 0 Å². The highest BCUT2D eigenvalue weighted by atomic mass is 35.5. The van der Waals surface area contributed by atoms with Crippen molar-refractivity contribution in [3.63, 3.8) is 0 Å². The largest absolute Gasteiger partial charge is 0.480 e. The number of ketones is 2. The lowest BCUT2D eigenvalue weighted by atomic mass is 9.48. The number of fused-ring (bicyclic) bond motifs is 5. The van der Waals surface area contributed by atoms with E-state index in [9.17, 15) is 19.2 Å². The molecule has 0 heterocycles. The molecule has 2 saturated carbocycles. The van der Waals surface area contributed by atoms with Crippen LogP contribution in [0, 0.1) is 34.5 Å². The van der Waals surface area contributed by atoms with Crippen molar-refractivity contribution in [2.24, 2.45) is 40.2 Å². The summed E-state index contributed by atoms with van der Waals surface area (Å²) in [5.41, 5.74) is 4.63. The number of carbonyl (C=O) groups excluding carboxylic acids is 3. The van der Waals surface area contributed by atoms with Gasteiger partial charge in [0.2, 0.25) is 0 Å². The number of nitrogens with two attached hydrogens (primary N) is 1. The first-order valence-electron chi connectivity index (χ1n) is 12.9. The van der Waals surface area contributed by atoms with E-state index >= 15 is 0 Å². The molecular weight excluding hydrogens is 482 g/mol. The molecule has 4 aliphatic carbocycles. The van der Waals surface area contributed by atoms with Crippen LogP contribution in [0.15, 0.2) is 22.8 Å². The standard InChI is InChI=1S/C23H29ClO4.C5H11NO2/c1-13(25)23(28-14(2)26)10-7-18-16-12-20(24)19-11-15(27)5-8-21(19,3)17(16)6-9-22(18,23)4;1-3(2)4(6)5(7)8/h11-12,16-18H,5-10H2,1-4H3;3-4H,6H2,1-2H3,(H,7,8)/t16-,17+,18+,21-,22+,23+;4-/m10/s1. The van der Waals surface area contributed by atoms with Gasteiger partial charge in [0.1, 0.15) is 6.04 Å². The summed E-state index contributed by atoms with van der Waals surface area (Å²) in [5.74, 6) is -0.325. The first-order valence-corrected chi connectivity index (χ1v) is 13.3. The van der Waals surface area contributed by atoms with E-state index in [1.54, 1.807) is 26.8 Å². The molecule has 0 saturated heterocycles. The number of carboxylic acid groups (broad SMARTS) is 1. The third-order valence-corrected chi connectivity index (χ3v) is 9.90. The Balaban J connectivity index is 0.000000392. The van der Waals surface area contributed by atoms with E-state index in [0.717, 1.165) is 31.3 Å². The lowest BCUT2D eigenvalue weighted by molar-refractivity contribution is -0.185. The Morgan fingerprint density at radius 1 is 1.11 bits per heavy atom. The lowest BCUT2D eigenvalue weighted by Crippen LogP contribution is -2.58. The molecule has 0 aliphatic heterocycles. The van der Waals surface area contributed by atoms with Crippen molar-refractivity contribution in [1.82, 2.24) is 0 Å². The van der Waals surface area contributed by atoms with Crippen LogP contribution in [0.5, 0.6) is 0 Å². The molecule has 200 valence electrons. The number of hydrogen-bond donors (Lipinski definition) is 2. The maximum Gasteiger partial charge on any atom is 0.320 e. The van der Waals surface area contributed by atoms with Crippen molar-refractivity contribution in [3.05, 3.63) is 22.8 Å². The minimum Gasteiger partial charge on any atom is -0.480 e. The maximum absolute atomic E-state index is 12.7. The smallest absolute Gasteiger partial charge is 0.320 e. The average molecular weight is 522 g/mol. The molecule has 7 nitrogen and oxygen atoms in total. The molecule has 0 aromatic heterocycles. The SMILES string of the molecule is CC(=O)O[C@]1(C(C)=O)CC[C@H]2[C@@H]3C=C(Cl)C4=CC(=O)CC[C@]4(C)[C@H]3CC[C@@]21C.CC(C)[C@H](N)C(=O)O. The Morgan fingerprint density at radius 3 is 2.22 bits per heavy atom. The van der Waals surface area contributed by atoms with E-state index in [4.69, 9.17) is 27.2 Å². The summed E-state index contributed by atoms with van der Waals surface area (Å²) in [6, 6.07) is -0.713. The van der Waals surface area contributed by atoms with E-state index in [1.807, 2.05) is 0 Å². The summed E-state index contributed by atoms with van der Waals surface area (Å²) in [4.78, 5) is 46.7. The third kappa shape index (κ3) is 4.58. The van der Waals surface area contributed by atoms with Crippen molar-refractivity contribution in [2.75, 3.05) is 0 Å². The first-order chi connectivity index (χ1) is 16.6. The van der Waals surface area contributed by atoms with Gasteiger partial charge in [0.25, 0.3) is 0 Å². The van der Waals surface area contributed by atoms with E-state index < -0.39 is 17.6 Å². The number of allylic oxidation sites excluding steroid dienone is 4. The van der Waals surface area contributed by atoms with E-state index in [0.29, 0.717) is 23.8 Å². The van der Waals surface area contributed by atoms with Crippen molar-refractivity contribution in [2.45, 2.75) is 91.7 Å². The highest BCUT2D eigenvalue weighted by Crippen LogP contribution is 2.68. The number of carbonyl (C=O) groups is 4. The van der Waals surface area contributed by atoms with Gasteiger partial charge < -0.3 is 15.6 Å². The molecule has 3 N–H and O–H groups in total. The first kappa shape index (κ1) is 28.6. The Labute approximate surface area is 218 Å².